The number of carbonyl (C=O) groups excluding carboxylic acids is 1. The number of pyridine rings is 1. The van der Waals surface area contributed by atoms with E-state index in [9.17, 15) is 14.7 Å². The van der Waals surface area contributed by atoms with Crippen molar-refractivity contribution >= 4 is 27.5 Å². The summed E-state index contributed by atoms with van der Waals surface area (Å²) in [4.78, 5) is 30.1. The van der Waals surface area contributed by atoms with E-state index in [1.54, 1.807) is 11.4 Å². The number of fused-ring (bicyclic) bond motifs is 3. The molecule has 2 saturated heterocycles. The maximum atomic E-state index is 12.4. The van der Waals surface area contributed by atoms with Gasteiger partial charge in [0.1, 0.15) is 16.7 Å². The van der Waals surface area contributed by atoms with Gasteiger partial charge in [0.25, 0.3) is 5.56 Å². The summed E-state index contributed by atoms with van der Waals surface area (Å²) in [5.41, 5.74) is -0.888. The Labute approximate surface area is 136 Å². The molecule has 4 heterocycles. The van der Waals surface area contributed by atoms with Gasteiger partial charge < -0.3 is 19.7 Å². The number of thiophene rings is 1. The van der Waals surface area contributed by atoms with Gasteiger partial charge >= 0.3 is 5.97 Å². The lowest BCUT2D eigenvalue weighted by atomic mass is 10.0. The van der Waals surface area contributed by atoms with Gasteiger partial charge in [-0.05, 0) is 31.3 Å². The van der Waals surface area contributed by atoms with Crippen LogP contribution in [0.3, 0.4) is 0 Å². The van der Waals surface area contributed by atoms with Gasteiger partial charge in [-0.3, -0.25) is 4.79 Å². The maximum absolute atomic E-state index is 12.4. The molecule has 4 rings (SSSR count). The number of aromatic amines is 1. The summed E-state index contributed by atoms with van der Waals surface area (Å²) in [5, 5.41) is 12.5. The van der Waals surface area contributed by atoms with Gasteiger partial charge in [0, 0.05) is 24.9 Å². The molecule has 0 spiro atoms. The minimum Gasteiger partial charge on any atom is -0.506 e. The molecule has 23 heavy (non-hydrogen) atoms. The summed E-state index contributed by atoms with van der Waals surface area (Å²) in [6, 6.07) is 2.56. The molecule has 122 valence electrons. The Bertz CT molecular complexity index is 813. The van der Waals surface area contributed by atoms with Crippen molar-refractivity contribution in [1.29, 1.82) is 0 Å². The Morgan fingerprint density at radius 2 is 2.09 bits per heavy atom. The van der Waals surface area contributed by atoms with E-state index in [2.05, 4.69) is 16.9 Å². The van der Waals surface area contributed by atoms with E-state index >= 15 is 0 Å². The number of nitrogens with zero attached hydrogens (tertiary/aromatic N) is 1. The van der Waals surface area contributed by atoms with Gasteiger partial charge in [-0.1, -0.05) is 0 Å². The van der Waals surface area contributed by atoms with Crippen LogP contribution in [-0.2, 0) is 4.74 Å². The quantitative estimate of drug-likeness (QED) is 0.822. The third-order valence-electron chi connectivity index (χ3n) is 5.14. The molecule has 7 heteroatoms. The van der Waals surface area contributed by atoms with Gasteiger partial charge in [-0.15, -0.1) is 11.3 Å². The van der Waals surface area contributed by atoms with Crippen molar-refractivity contribution in [3.63, 3.8) is 0 Å². The van der Waals surface area contributed by atoms with E-state index in [1.807, 2.05) is 0 Å². The minimum atomic E-state index is -0.731. The van der Waals surface area contributed by atoms with Crippen molar-refractivity contribution in [2.45, 2.75) is 43.9 Å². The fourth-order valence-electron chi connectivity index (χ4n) is 3.86. The van der Waals surface area contributed by atoms with Crippen molar-refractivity contribution in [2.24, 2.45) is 0 Å². The molecule has 3 atom stereocenters. The summed E-state index contributed by atoms with van der Waals surface area (Å²) in [5.74, 6) is -1.02. The maximum Gasteiger partial charge on any atom is 0.347 e. The van der Waals surface area contributed by atoms with Crippen LogP contribution in [0.4, 0.5) is 0 Å². The molecule has 2 aliphatic heterocycles. The van der Waals surface area contributed by atoms with Crippen LogP contribution in [0.1, 0.15) is 36.0 Å². The number of hydrogen-bond donors (Lipinski definition) is 2. The molecule has 0 aromatic carbocycles. The summed E-state index contributed by atoms with van der Waals surface area (Å²) >= 11 is 1.31. The number of H-pyrrole nitrogens is 1. The second-order valence-corrected chi connectivity index (χ2v) is 7.31. The van der Waals surface area contributed by atoms with E-state index in [4.69, 9.17) is 4.74 Å². The number of piperidine rings is 1. The first-order valence-corrected chi connectivity index (χ1v) is 8.68. The molecule has 0 amide bonds. The lowest BCUT2D eigenvalue weighted by Crippen LogP contribution is -2.43. The second kappa shape index (κ2) is 5.35. The molecule has 2 N–H and O–H groups in total. The molecule has 2 bridgehead atoms. The molecular formula is C16H18N2O4S. The Morgan fingerprint density at radius 1 is 1.39 bits per heavy atom. The number of ether oxygens (including phenoxy) is 1. The molecule has 0 saturated carbocycles. The SMILES string of the molecule is CN1[C@@H]2CC[C@H]1C[C@@H](OC(=O)c1c(O)c3ccsc3[nH]c1=O)C2. The number of hydrogen-bond acceptors (Lipinski definition) is 6. The van der Waals surface area contributed by atoms with Crippen LogP contribution in [0.5, 0.6) is 5.75 Å². The lowest BCUT2D eigenvalue weighted by Gasteiger charge is -2.35. The fraction of sp³-hybridized carbons (Fsp3) is 0.500. The van der Waals surface area contributed by atoms with Crippen molar-refractivity contribution in [3.05, 3.63) is 27.4 Å². The third-order valence-corrected chi connectivity index (χ3v) is 5.97. The van der Waals surface area contributed by atoms with Crippen LogP contribution in [0.25, 0.3) is 10.2 Å². The molecule has 2 aliphatic rings. The number of aromatic hydroxyl groups is 1. The van der Waals surface area contributed by atoms with Crippen LogP contribution in [0.15, 0.2) is 16.2 Å². The molecule has 0 radical (unpaired) electrons. The zero-order valence-electron chi connectivity index (χ0n) is 12.7. The first-order valence-electron chi connectivity index (χ1n) is 7.80. The molecule has 2 aromatic heterocycles. The van der Waals surface area contributed by atoms with Crippen molar-refractivity contribution < 1.29 is 14.6 Å². The monoisotopic (exact) mass is 334 g/mol. The molecule has 6 nitrogen and oxygen atoms in total. The number of esters is 1. The number of rotatable bonds is 2. The van der Waals surface area contributed by atoms with Crippen LogP contribution < -0.4 is 5.56 Å². The Hall–Kier alpha value is -1.86. The lowest BCUT2D eigenvalue weighted by molar-refractivity contribution is -0.000805. The highest BCUT2D eigenvalue weighted by Gasteiger charge is 2.40. The van der Waals surface area contributed by atoms with Crippen molar-refractivity contribution in [1.82, 2.24) is 9.88 Å². The van der Waals surface area contributed by atoms with E-state index in [0.29, 0.717) is 22.3 Å². The Kier molecular flexibility index (Phi) is 3.42. The highest BCUT2D eigenvalue weighted by atomic mass is 32.1. The topological polar surface area (TPSA) is 82.6 Å². The zero-order valence-corrected chi connectivity index (χ0v) is 13.6. The molecule has 2 aromatic rings. The van der Waals surface area contributed by atoms with E-state index < -0.39 is 11.5 Å². The van der Waals surface area contributed by atoms with Gasteiger partial charge in [-0.2, -0.15) is 0 Å². The molecule has 2 fully saturated rings. The van der Waals surface area contributed by atoms with E-state index in [0.717, 1.165) is 25.7 Å². The highest BCUT2D eigenvalue weighted by Crippen LogP contribution is 2.36. The van der Waals surface area contributed by atoms with Gasteiger partial charge in [0.2, 0.25) is 0 Å². The van der Waals surface area contributed by atoms with Gasteiger partial charge in [0.15, 0.2) is 5.56 Å². The fourth-order valence-corrected chi connectivity index (χ4v) is 4.64. The minimum absolute atomic E-state index is 0.187. The largest absolute Gasteiger partial charge is 0.506 e. The first-order chi connectivity index (χ1) is 11.0. The zero-order chi connectivity index (χ0) is 16.1. The van der Waals surface area contributed by atoms with Gasteiger partial charge in [-0.25, -0.2) is 4.79 Å². The number of nitrogens with one attached hydrogen (secondary N) is 1. The van der Waals surface area contributed by atoms with Crippen LogP contribution in [0, 0.1) is 0 Å². The summed E-state index contributed by atoms with van der Waals surface area (Å²) in [7, 11) is 2.11. The summed E-state index contributed by atoms with van der Waals surface area (Å²) in [6.07, 6.45) is 3.65. The summed E-state index contributed by atoms with van der Waals surface area (Å²) in [6.45, 7) is 0. The third kappa shape index (κ3) is 2.35. The molecule has 0 aliphatic carbocycles. The standard InChI is InChI=1S/C16H18N2O4S/c1-18-8-2-3-9(18)7-10(6-8)22-16(21)12-13(19)11-4-5-23-15(11)17-14(12)20/h4-5,8-10H,2-3,6-7H2,1H3,(H2,17,19,20)/t8-,9+,10+. The molecular weight excluding hydrogens is 316 g/mol. The highest BCUT2D eigenvalue weighted by molar-refractivity contribution is 7.16. The van der Waals surface area contributed by atoms with Crippen LogP contribution in [-0.4, -0.2) is 46.2 Å². The average Bonchev–Trinajstić information content (AvgIpc) is 3.02. The van der Waals surface area contributed by atoms with Crippen molar-refractivity contribution in [3.8, 4) is 5.75 Å². The molecule has 0 unspecified atom stereocenters. The Balaban J connectivity index is 1.59. The second-order valence-electron chi connectivity index (χ2n) is 6.39. The predicted molar refractivity (Wildman–Crippen MR) is 87.1 cm³/mol. The van der Waals surface area contributed by atoms with E-state index in [1.165, 1.54) is 11.3 Å². The predicted octanol–water partition coefficient (Wildman–Crippen LogP) is 2.08. The summed E-state index contributed by atoms with van der Waals surface area (Å²) < 4.78 is 5.55. The van der Waals surface area contributed by atoms with Crippen LogP contribution in [0.2, 0.25) is 0 Å². The number of aromatic nitrogens is 1. The average molecular weight is 334 g/mol. The Morgan fingerprint density at radius 3 is 2.78 bits per heavy atom. The van der Waals surface area contributed by atoms with Gasteiger partial charge in [0.05, 0.1) is 5.39 Å². The first kappa shape index (κ1) is 14.7. The number of carbonyl (C=O) groups is 1. The normalized spacial score (nSPS) is 27.4. The van der Waals surface area contributed by atoms with Crippen molar-refractivity contribution in [2.75, 3.05) is 7.05 Å². The van der Waals surface area contributed by atoms with Crippen LogP contribution >= 0.6 is 11.3 Å². The smallest absolute Gasteiger partial charge is 0.347 e. The van der Waals surface area contributed by atoms with E-state index in [-0.39, 0.29) is 17.4 Å².